The summed E-state index contributed by atoms with van der Waals surface area (Å²) in [6, 6.07) is 6.22. The number of hydrogen-bond acceptors (Lipinski definition) is 7. The van der Waals surface area contributed by atoms with Gasteiger partial charge in [0.2, 0.25) is 0 Å². The van der Waals surface area contributed by atoms with Crippen LogP contribution >= 0.6 is 23.2 Å². The molecule has 2 heterocycles. The van der Waals surface area contributed by atoms with Gasteiger partial charge in [0.25, 0.3) is 5.78 Å². The van der Waals surface area contributed by atoms with Crippen LogP contribution in [0, 0.1) is 6.92 Å². The Morgan fingerprint density at radius 3 is 2.10 bits per heavy atom. The van der Waals surface area contributed by atoms with E-state index >= 15 is 0 Å². The molecule has 3 aromatic carbocycles. The highest BCUT2D eigenvalue weighted by molar-refractivity contribution is 6.39. The first kappa shape index (κ1) is 26.6. The van der Waals surface area contributed by atoms with E-state index in [-0.39, 0.29) is 44.5 Å². The SMILES string of the molecule is CNc1cc2c(cc1C)C1(OC(=O)c3c(Cl)cc(C(=O)O)c(Cl)c31)c1cc(C(=O)C(F)(F)F)c(NC)cc1O2. The quantitative estimate of drug-likeness (QED) is 0.240. The lowest BCUT2D eigenvalue weighted by Crippen LogP contribution is -2.34. The molecule has 2 aliphatic rings. The number of hydrogen-bond donors (Lipinski definition) is 3. The highest BCUT2D eigenvalue weighted by Gasteiger charge is 2.57. The Balaban J connectivity index is 1.97. The van der Waals surface area contributed by atoms with Crippen LogP contribution in [0.3, 0.4) is 0 Å². The first-order valence-corrected chi connectivity index (χ1v) is 12.0. The van der Waals surface area contributed by atoms with Crippen LogP contribution in [0.25, 0.3) is 0 Å². The smallest absolute Gasteiger partial charge is 0.454 e. The van der Waals surface area contributed by atoms with Gasteiger partial charge in [-0.05, 0) is 30.7 Å². The first-order valence-electron chi connectivity index (χ1n) is 11.2. The molecule has 3 N–H and O–H groups in total. The molecule has 0 radical (unpaired) electrons. The number of carboxylic acid groups (broad SMARTS) is 1. The van der Waals surface area contributed by atoms with Crippen molar-refractivity contribution in [2.45, 2.75) is 18.7 Å². The molecule has 1 unspecified atom stereocenters. The minimum atomic E-state index is -5.24. The summed E-state index contributed by atoms with van der Waals surface area (Å²) in [5.74, 6) is -4.55. The van der Waals surface area contributed by atoms with Gasteiger partial charge in [0, 0.05) is 54.3 Å². The molecule has 3 aromatic rings. The average Bonchev–Trinajstić information content (AvgIpc) is 3.18. The van der Waals surface area contributed by atoms with E-state index in [0.29, 0.717) is 11.3 Å². The number of nitrogens with one attached hydrogen (secondary N) is 2. The van der Waals surface area contributed by atoms with E-state index in [9.17, 15) is 32.7 Å². The number of fused-ring (bicyclic) bond motifs is 6. The van der Waals surface area contributed by atoms with Crippen molar-refractivity contribution in [3.63, 3.8) is 0 Å². The van der Waals surface area contributed by atoms with Gasteiger partial charge in [-0.3, -0.25) is 4.79 Å². The number of Topliss-reactive ketones (excluding diaryl/α,β-unsaturated/α-hetero) is 1. The summed E-state index contributed by atoms with van der Waals surface area (Å²) < 4.78 is 52.7. The number of ketones is 1. The van der Waals surface area contributed by atoms with Crippen LogP contribution in [0.2, 0.25) is 10.0 Å². The van der Waals surface area contributed by atoms with Gasteiger partial charge in [-0.25, -0.2) is 9.59 Å². The van der Waals surface area contributed by atoms with Crippen LogP contribution < -0.4 is 15.4 Å². The van der Waals surface area contributed by atoms with Crippen molar-refractivity contribution in [3.05, 3.63) is 79.3 Å². The molecule has 0 bridgehead atoms. The Hall–Kier alpha value is -3.96. The third kappa shape index (κ3) is 3.71. The molecule has 5 rings (SSSR count). The van der Waals surface area contributed by atoms with Gasteiger partial charge in [-0.15, -0.1) is 0 Å². The summed E-state index contributed by atoms with van der Waals surface area (Å²) in [5, 5.41) is 14.6. The fraction of sp³-hybridized carbons (Fsp3) is 0.192. The molecule has 0 fully saturated rings. The molecular formula is C26H17Cl2F3N2O6. The Morgan fingerprint density at radius 2 is 1.54 bits per heavy atom. The van der Waals surface area contributed by atoms with Crippen molar-refractivity contribution in [2.24, 2.45) is 0 Å². The number of alkyl halides is 3. The monoisotopic (exact) mass is 580 g/mol. The zero-order valence-electron chi connectivity index (χ0n) is 20.3. The van der Waals surface area contributed by atoms with Crippen molar-refractivity contribution in [1.29, 1.82) is 0 Å². The minimum absolute atomic E-state index is 0.0648. The normalized spacial score (nSPS) is 17.1. The number of halogens is 5. The topological polar surface area (TPSA) is 114 Å². The Bertz CT molecular complexity index is 1640. The van der Waals surface area contributed by atoms with Crippen molar-refractivity contribution in [2.75, 3.05) is 24.7 Å². The second-order valence-electron chi connectivity index (χ2n) is 8.83. The number of anilines is 2. The molecule has 0 aliphatic carbocycles. The van der Waals surface area contributed by atoms with E-state index in [2.05, 4.69) is 10.6 Å². The molecule has 39 heavy (non-hydrogen) atoms. The van der Waals surface area contributed by atoms with Crippen LogP contribution in [-0.4, -0.2) is 43.1 Å². The third-order valence-corrected chi connectivity index (χ3v) is 7.40. The summed E-state index contributed by atoms with van der Waals surface area (Å²) in [4.78, 5) is 37.8. The summed E-state index contributed by atoms with van der Waals surface area (Å²) in [6.45, 7) is 1.72. The van der Waals surface area contributed by atoms with Crippen molar-refractivity contribution < 1.29 is 42.1 Å². The van der Waals surface area contributed by atoms with Gasteiger partial charge < -0.3 is 25.2 Å². The number of carbonyl (C=O) groups excluding carboxylic acids is 2. The number of benzene rings is 3. The minimum Gasteiger partial charge on any atom is -0.478 e. The van der Waals surface area contributed by atoms with Gasteiger partial charge in [-0.2, -0.15) is 13.2 Å². The predicted octanol–water partition coefficient (Wildman–Crippen LogP) is 6.40. The maximum Gasteiger partial charge on any atom is 0.454 e. The molecule has 2 aliphatic heterocycles. The van der Waals surface area contributed by atoms with E-state index in [1.807, 2.05) is 0 Å². The molecule has 0 saturated carbocycles. The number of ether oxygens (including phenoxy) is 2. The largest absolute Gasteiger partial charge is 0.478 e. The Labute approximate surface area is 228 Å². The number of carboxylic acids is 1. The lowest BCUT2D eigenvalue weighted by molar-refractivity contribution is -0.0885. The number of aromatic carboxylic acids is 1. The van der Waals surface area contributed by atoms with Crippen LogP contribution in [0.15, 0.2) is 30.3 Å². The maximum absolute atomic E-state index is 13.6. The third-order valence-electron chi connectivity index (χ3n) is 6.71. The van der Waals surface area contributed by atoms with E-state index in [4.69, 9.17) is 32.7 Å². The fourth-order valence-electron chi connectivity index (χ4n) is 5.00. The average molecular weight is 581 g/mol. The highest BCUT2D eigenvalue weighted by atomic mass is 35.5. The van der Waals surface area contributed by atoms with Crippen LogP contribution in [0.5, 0.6) is 11.5 Å². The molecular weight excluding hydrogens is 564 g/mol. The zero-order valence-corrected chi connectivity index (χ0v) is 21.8. The number of aryl methyl sites for hydroxylation is 1. The van der Waals surface area contributed by atoms with E-state index < -0.39 is 45.6 Å². The number of rotatable bonds is 4. The van der Waals surface area contributed by atoms with Crippen molar-refractivity contribution in [1.82, 2.24) is 0 Å². The number of esters is 1. The van der Waals surface area contributed by atoms with Crippen LogP contribution in [0.1, 0.15) is 53.3 Å². The summed E-state index contributed by atoms with van der Waals surface area (Å²) >= 11 is 12.9. The molecule has 202 valence electrons. The van der Waals surface area contributed by atoms with E-state index in [1.165, 1.54) is 13.1 Å². The van der Waals surface area contributed by atoms with Crippen LogP contribution in [-0.2, 0) is 10.3 Å². The molecule has 8 nitrogen and oxygen atoms in total. The molecule has 0 amide bonds. The standard InChI is InChI=1S/C26H17Cl2F3N2O6/c1-9-4-12-17(7-15(9)32-2)38-18-8-16(33-3)10(22(34)26(29,30)31)5-13(18)25(12)20-19(24(37)39-25)14(27)6-11(21(20)28)23(35)36/h4-8,32-33H,1-3H3,(H,35,36). The molecule has 1 spiro atoms. The van der Waals surface area contributed by atoms with Gasteiger partial charge in [0.15, 0.2) is 5.60 Å². The molecule has 1 atom stereocenters. The van der Waals surface area contributed by atoms with Gasteiger partial charge in [-0.1, -0.05) is 23.2 Å². The lowest BCUT2D eigenvalue weighted by atomic mass is 9.75. The lowest BCUT2D eigenvalue weighted by Gasteiger charge is -2.38. The molecule has 13 heteroatoms. The zero-order chi connectivity index (χ0) is 28.6. The Morgan fingerprint density at radius 1 is 0.949 bits per heavy atom. The number of carbonyl (C=O) groups is 3. The van der Waals surface area contributed by atoms with Crippen molar-refractivity contribution in [3.8, 4) is 11.5 Å². The summed E-state index contributed by atoms with van der Waals surface area (Å²) in [6.07, 6.45) is -5.24. The second-order valence-corrected chi connectivity index (χ2v) is 9.62. The highest BCUT2D eigenvalue weighted by Crippen LogP contribution is 2.60. The van der Waals surface area contributed by atoms with Crippen molar-refractivity contribution >= 4 is 52.3 Å². The Kier molecular flexibility index (Phi) is 6.00. The summed E-state index contributed by atoms with van der Waals surface area (Å²) in [7, 11) is 2.99. The molecule has 0 saturated heterocycles. The van der Waals surface area contributed by atoms with Gasteiger partial charge >= 0.3 is 18.1 Å². The van der Waals surface area contributed by atoms with E-state index in [0.717, 1.165) is 12.1 Å². The van der Waals surface area contributed by atoms with E-state index in [1.54, 1.807) is 26.1 Å². The summed E-state index contributed by atoms with van der Waals surface area (Å²) in [5.41, 5.74) is -2.79. The van der Waals surface area contributed by atoms with Gasteiger partial charge in [0.05, 0.1) is 26.7 Å². The second kappa shape index (κ2) is 8.78. The first-order chi connectivity index (χ1) is 18.3. The fourth-order valence-corrected chi connectivity index (χ4v) is 5.64. The predicted molar refractivity (Wildman–Crippen MR) is 136 cm³/mol. The maximum atomic E-state index is 13.6. The van der Waals surface area contributed by atoms with Crippen LogP contribution in [0.4, 0.5) is 24.5 Å². The van der Waals surface area contributed by atoms with Gasteiger partial charge in [0.1, 0.15) is 11.5 Å². The molecule has 0 aromatic heterocycles.